The minimum absolute atomic E-state index is 0.169. The second kappa shape index (κ2) is 8.78. The molecule has 1 aliphatic rings. The summed E-state index contributed by atoms with van der Waals surface area (Å²) in [5, 5.41) is 9.22. The Bertz CT molecular complexity index is 1180. The summed E-state index contributed by atoms with van der Waals surface area (Å²) in [6.07, 6.45) is 2.49. The zero-order chi connectivity index (χ0) is 21.0. The highest BCUT2D eigenvalue weighted by atomic mass is 32.2. The molecule has 0 saturated carbocycles. The standard InChI is InChI=1S/C25H21N3O2S/c1-31-25-26-24-23(27-28-25)21-10-6-5-9-19(21)15-22(30-24)18-11-13-20(14-12-18)29-16-17-7-3-2-4-8-17/h2-14,22H,15-16H2,1H3. The van der Waals surface area contributed by atoms with Gasteiger partial charge in [-0.15, -0.1) is 10.2 Å². The fraction of sp³-hybridized carbons (Fsp3) is 0.160. The third-order valence-corrected chi connectivity index (χ3v) is 5.79. The first-order chi connectivity index (χ1) is 15.3. The van der Waals surface area contributed by atoms with Crippen molar-refractivity contribution >= 4 is 11.8 Å². The van der Waals surface area contributed by atoms with Crippen LogP contribution in [0, 0.1) is 0 Å². The predicted molar refractivity (Wildman–Crippen MR) is 121 cm³/mol. The molecule has 5 nitrogen and oxygen atoms in total. The van der Waals surface area contributed by atoms with Crippen LogP contribution < -0.4 is 9.47 Å². The molecule has 1 aliphatic heterocycles. The van der Waals surface area contributed by atoms with Gasteiger partial charge in [0, 0.05) is 12.0 Å². The molecule has 1 atom stereocenters. The van der Waals surface area contributed by atoms with Gasteiger partial charge >= 0.3 is 0 Å². The summed E-state index contributed by atoms with van der Waals surface area (Å²) in [5.41, 5.74) is 5.10. The van der Waals surface area contributed by atoms with Crippen LogP contribution in [0.15, 0.2) is 84.0 Å². The molecular weight excluding hydrogens is 406 g/mol. The van der Waals surface area contributed by atoms with E-state index in [0.29, 0.717) is 23.3 Å². The van der Waals surface area contributed by atoms with Gasteiger partial charge < -0.3 is 9.47 Å². The van der Waals surface area contributed by atoms with E-state index >= 15 is 0 Å². The summed E-state index contributed by atoms with van der Waals surface area (Å²) in [5.74, 6) is 1.36. The van der Waals surface area contributed by atoms with Crippen LogP contribution in [0.2, 0.25) is 0 Å². The van der Waals surface area contributed by atoms with Gasteiger partial charge in [-0.05, 0) is 35.1 Å². The molecule has 5 rings (SSSR count). The summed E-state index contributed by atoms with van der Waals surface area (Å²) in [4.78, 5) is 4.59. The lowest BCUT2D eigenvalue weighted by atomic mass is 9.97. The molecule has 0 saturated heterocycles. The van der Waals surface area contributed by atoms with Crippen molar-refractivity contribution in [1.29, 1.82) is 0 Å². The maximum atomic E-state index is 6.37. The highest BCUT2D eigenvalue weighted by Crippen LogP contribution is 2.38. The Morgan fingerprint density at radius 3 is 2.52 bits per heavy atom. The van der Waals surface area contributed by atoms with E-state index in [-0.39, 0.29) is 6.10 Å². The summed E-state index contributed by atoms with van der Waals surface area (Å²) < 4.78 is 12.3. The molecule has 4 aromatic rings. The largest absolute Gasteiger partial charge is 0.489 e. The SMILES string of the molecule is CSc1nnc2c(n1)OC(c1ccc(OCc3ccccc3)cc1)Cc1ccccc1-2. The van der Waals surface area contributed by atoms with Crippen LogP contribution in [-0.4, -0.2) is 21.4 Å². The maximum absolute atomic E-state index is 6.37. The molecule has 31 heavy (non-hydrogen) atoms. The Labute approximate surface area is 185 Å². The Balaban J connectivity index is 1.41. The van der Waals surface area contributed by atoms with Crippen LogP contribution in [0.1, 0.15) is 22.8 Å². The summed E-state index contributed by atoms with van der Waals surface area (Å²) in [7, 11) is 0. The minimum atomic E-state index is -0.169. The molecule has 0 N–H and O–H groups in total. The van der Waals surface area contributed by atoms with Crippen LogP contribution in [0.25, 0.3) is 11.3 Å². The molecule has 0 aliphatic carbocycles. The maximum Gasteiger partial charge on any atom is 0.245 e. The second-order valence-electron chi connectivity index (χ2n) is 7.26. The van der Waals surface area contributed by atoms with E-state index in [0.717, 1.165) is 28.9 Å². The van der Waals surface area contributed by atoms with Crippen LogP contribution in [0.5, 0.6) is 11.6 Å². The summed E-state index contributed by atoms with van der Waals surface area (Å²) >= 11 is 1.45. The van der Waals surface area contributed by atoms with Crippen LogP contribution in [0.3, 0.4) is 0 Å². The average Bonchev–Trinajstić information content (AvgIpc) is 3.00. The number of ether oxygens (including phenoxy) is 2. The molecule has 0 radical (unpaired) electrons. The van der Waals surface area contributed by atoms with E-state index < -0.39 is 0 Å². The smallest absolute Gasteiger partial charge is 0.245 e. The second-order valence-corrected chi connectivity index (χ2v) is 8.04. The van der Waals surface area contributed by atoms with Gasteiger partial charge in [-0.2, -0.15) is 4.98 Å². The summed E-state index contributed by atoms with van der Waals surface area (Å²) in [6.45, 7) is 0.543. The van der Waals surface area contributed by atoms with Gasteiger partial charge in [-0.3, -0.25) is 0 Å². The van der Waals surface area contributed by atoms with E-state index in [4.69, 9.17) is 9.47 Å². The average molecular weight is 428 g/mol. The molecule has 1 aromatic heterocycles. The lowest BCUT2D eigenvalue weighted by molar-refractivity contribution is 0.198. The van der Waals surface area contributed by atoms with Crippen molar-refractivity contribution in [3.05, 3.63) is 95.6 Å². The molecule has 154 valence electrons. The van der Waals surface area contributed by atoms with Crippen molar-refractivity contribution in [3.8, 4) is 22.9 Å². The molecular formula is C25H21N3O2S. The first kappa shape index (κ1) is 19.6. The van der Waals surface area contributed by atoms with Gasteiger partial charge in [0.1, 0.15) is 18.5 Å². The molecule has 2 heterocycles. The van der Waals surface area contributed by atoms with E-state index in [9.17, 15) is 0 Å². The van der Waals surface area contributed by atoms with Crippen molar-refractivity contribution in [3.63, 3.8) is 0 Å². The lowest BCUT2D eigenvalue weighted by Gasteiger charge is -2.18. The number of rotatable bonds is 5. The molecule has 6 heteroatoms. The van der Waals surface area contributed by atoms with E-state index in [1.54, 1.807) is 0 Å². The molecule has 0 fully saturated rings. The van der Waals surface area contributed by atoms with Crippen LogP contribution in [0.4, 0.5) is 0 Å². The number of aromatic nitrogens is 3. The van der Waals surface area contributed by atoms with Gasteiger partial charge in [0.05, 0.1) is 0 Å². The molecule has 3 aromatic carbocycles. The Hall–Kier alpha value is -3.38. The van der Waals surface area contributed by atoms with Crippen molar-refractivity contribution in [2.24, 2.45) is 0 Å². The number of fused-ring (bicyclic) bond motifs is 3. The zero-order valence-electron chi connectivity index (χ0n) is 17.1. The minimum Gasteiger partial charge on any atom is -0.489 e. The van der Waals surface area contributed by atoms with Crippen LogP contribution in [-0.2, 0) is 13.0 Å². The Kier molecular flexibility index (Phi) is 5.54. The topological polar surface area (TPSA) is 57.1 Å². The van der Waals surface area contributed by atoms with Gasteiger partial charge in [0.25, 0.3) is 0 Å². The molecule has 1 unspecified atom stereocenters. The molecule has 0 bridgehead atoms. The normalized spacial score (nSPS) is 14.7. The third kappa shape index (κ3) is 4.25. The van der Waals surface area contributed by atoms with Crippen molar-refractivity contribution in [1.82, 2.24) is 15.2 Å². The lowest BCUT2D eigenvalue weighted by Crippen LogP contribution is -2.11. The summed E-state index contributed by atoms with van der Waals surface area (Å²) in [6, 6.07) is 26.5. The number of hydrogen-bond acceptors (Lipinski definition) is 6. The molecule has 0 spiro atoms. The van der Waals surface area contributed by atoms with Gasteiger partial charge in [-0.25, -0.2) is 0 Å². The highest BCUT2D eigenvalue weighted by Gasteiger charge is 2.26. The Morgan fingerprint density at radius 2 is 1.71 bits per heavy atom. The van der Waals surface area contributed by atoms with Crippen molar-refractivity contribution < 1.29 is 9.47 Å². The van der Waals surface area contributed by atoms with E-state index in [2.05, 4.69) is 51.6 Å². The quantitative estimate of drug-likeness (QED) is 0.391. The van der Waals surface area contributed by atoms with Crippen LogP contribution >= 0.6 is 11.8 Å². The van der Waals surface area contributed by atoms with Gasteiger partial charge in [0.15, 0.2) is 5.69 Å². The third-order valence-electron chi connectivity index (χ3n) is 5.25. The fourth-order valence-electron chi connectivity index (χ4n) is 3.65. The van der Waals surface area contributed by atoms with Crippen molar-refractivity contribution in [2.75, 3.05) is 6.26 Å². The first-order valence-electron chi connectivity index (χ1n) is 10.1. The fourth-order valence-corrected chi connectivity index (χ4v) is 3.94. The number of thioether (sulfide) groups is 1. The van der Waals surface area contributed by atoms with E-state index in [1.807, 2.05) is 48.7 Å². The number of nitrogens with zero attached hydrogens (tertiary/aromatic N) is 3. The zero-order valence-corrected chi connectivity index (χ0v) is 17.9. The van der Waals surface area contributed by atoms with E-state index in [1.165, 1.54) is 17.3 Å². The number of benzene rings is 3. The first-order valence-corrected chi connectivity index (χ1v) is 11.3. The van der Waals surface area contributed by atoms with Gasteiger partial charge in [0.2, 0.25) is 11.0 Å². The van der Waals surface area contributed by atoms with Crippen molar-refractivity contribution in [2.45, 2.75) is 24.3 Å². The number of hydrogen-bond donors (Lipinski definition) is 0. The predicted octanol–water partition coefficient (Wildman–Crippen LogP) is 5.52. The Morgan fingerprint density at radius 1 is 0.935 bits per heavy atom. The highest BCUT2D eigenvalue weighted by molar-refractivity contribution is 7.98. The van der Waals surface area contributed by atoms with Gasteiger partial charge in [-0.1, -0.05) is 78.5 Å². The molecule has 0 amide bonds. The monoisotopic (exact) mass is 427 g/mol.